The van der Waals surface area contributed by atoms with Crippen LogP contribution >= 0.6 is 23.2 Å². The smallest absolute Gasteiger partial charge is 0.390 e. The van der Waals surface area contributed by atoms with Crippen LogP contribution in [-0.4, -0.2) is 82.2 Å². The van der Waals surface area contributed by atoms with Crippen molar-refractivity contribution in [2.45, 2.75) is 18.3 Å². The first-order chi connectivity index (χ1) is 17.1. The number of halogens is 5. The van der Waals surface area contributed by atoms with Gasteiger partial charge in [-0.05, 0) is 42.5 Å². The van der Waals surface area contributed by atoms with E-state index in [0.29, 0.717) is 48.7 Å². The number of nitrogens with zero attached hydrogens (tertiary/aromatic N) is 5. The van der Waals surface area contributed by atoms with Gasteiger partial charge in [0.15, 0.2) is 0 Å². The number of amides is 1. The first kappa shape index (κ1) is 25.0. The van der Waals surface area contributed by atoms with Gasteiger partial charge in [-0.1, -0.05) is 23.2 Å². The Morgan fingerprint density at radius 3 is 2.28 bits per heavy atom. The van der Waals surface area contributed by atoms with Crippen molar-refractivity contribution in [1.82, 2.24) is 19.8 Å². The van der Waals surface area contributed by atoms with Gasteiger partial charge < -0.3 is 14.9 Å². The number of aliphatic hydroxyl groups excluding tert-OH is 1. The molecule has 2 aliphatic heterocycles. The molecular weight excluding hydrogens is 518 g/mol. The van der Waals surface area contributed by atoms with E-state index >= 15 is 0 Å². The van der Waals surface area contributed by atoms with Gasteiger partial charge >= 0.3 is 6.18 Å². The minimum absolute atomic E-state index is 0.0899. The first-order valence-corrected chi connectivity index (χ1v) is 12.1. The van der Waals surface area contributed by atoms with Crippen molar-refractivity contribution in [2.24, 2.45) is 0 Å². The molecule has 2 atom stereocenters. The van der Waals surface area contributed by atoms with E-state index in [2.05, 4.69) is 14.9 Å². The molecule has 190 valence electrons. The number of anilines is 1. The van der Waals surface area contributed by atoms with Crippen LogP contribution in [-0.2, 0) is 6.18 Å². The Hall–Kier alpha value is -2.66. The number of aromatic nitrogens is 2. The molecule has 36 heavy (non-hydrogen) atoms. The van der Waals surface area contributed by atoms with Crippen LogP contribution < -0.4 is 4.90 Å². The highest BCUT2D eigenvalue weighted by atomic mass is 35.5. The highest BCUT2D eigenvalue weighted by Gasteiger charge is 2.40. The summed E-state index contributed by atoms with van der Waals surface area (Å²) in [6.07, 6.45) is -5.52. The molecule has 0 spiro atoms. The largest absolute Gasteiger partial charge is 0.451 e. The molecule has 2 unspecified atom stereocenters. The molecule has 3 heterocycles. The fourth-order valence-electron chi connectivity index (χ4n) is 4.79. The lowest BCUT2D eigenvalue weighted by atomic mass is 10.1. The lowest BCUT2D eigenvalue weighted by molar-refractivity contribution is -0.144. The second kappa shape index (κ2) is 9.66. The number of hydrogen-bond donors (Lipinski definition) is 1. The minimum Gasteiger partial charge on any atom is -0.390 e. The Morgan fingerprint density at radius 1 is 0.944 bits per heavy atom. The van der Waals surface area contributed by atoms with Crippen molar-refractivity contribution >= 4 is 45.8 Å². The Morgan fingerprint density at radius 2 is 1.61 bits per heavy atom. The molecule has 0 bridgehead atoms. The Labute approximate surface area is 215 Å². The molecule has 1 N–H and O–H groups in total. The topological polar surface area (TPSA) is 72.8 Å². The molecule has 0 aliphatic carbocycles. The van der Waals surface area contributed by atoms with Crippen LogP contribution in [0.15, 0.2) is 42.5 Å². The maximum atomic E-state index is 13.5. The standard InChI is InChI=1S/C24H22Cl2F3N5O2/c25-15-3-1-14(2-4-15)22(36)33-9-7-32(8-10-33)19-12-34(13-20(19)35)21-17-6-5-16(26)11-18(17)30-23(31-21)24(27,28)29/h1-6,11,19-20,35H,7-10,12-13H2. The summed E-state index contributed by atoms with van der Waals surface area (Å²) < 4.78 is 40.5. The number of rotatable bonds is 3. The van der Waals surface area contributed by atoms with Gasteiger partial charge in [0.1, 0.15) is 5.82 Å². The highest BCUT2D eigenvalue weighted by molar-refractivity contribution is 6.31. The molecule has 0 radical (unpaired) electrons. The summed E-state index contributed by atoms with van der Waals surface area (Å²) in [4.78, 5) is 25.8. The van der Waals surface area contributed by atoms with Crippen LogP contribution in [0.5, 0.6) is 0 Å². The molecule has 2 fully saturated rings. The van der Waals surface area contributed by atoms with Gasteiger partial charge in [-0.15, -0.1) is 0 Å². The van der Waals surface area contributed by atoms with Gasteiger partial charge in [-0.3, -0.25) is 9.69 Å². The van der Waals surface area contributed by atoms with Crippen LogP contribution in [0, 0.1) is 0 Å². The average Bonchev–Trinajstić information content (AvgIpc) is 3.24. The van der Waals surface area contributed by atoms with Gasteiger partial charge in [-0.2, -0.15) is 13.2 Å². The number of fused-ring (bicyclic) bond motifs is 1. The van der Waals surface area contributed by atoms with E-state index in [4.69, 9.17) is 23.2 Å². The van der Waals surface area contributed by atoms with Crippen molar-refractivity contribution in [3.8, 4) is 0 Å². The molecule has 2 aromatic carbocycles. The number of hydrogen-bond acceptors (Lipinski definition) is 6. The molecule has 12 heteroatoms. The summed E-state index contributed by atoms with van der Waals surface area (Å²) in [5, 5.41) is 12.1. The second-order valence-corrected chi connectivity index (χ2v) is 9.78. The third-order valence-electron chi connectivity index (χ3n) is 6.61. The number of benzene rings is 2. The number of carbonyl (C=O) groups excluding carboxylic acids is 1. The molecule has 7 nitrogen and oxygen atoms in total. The summed E-state index contributed by atoms with van der Waals surface area (Å²) >= 11 is 11.9. The zero-order valence-corrected chi connectivity index (χ0v) is 20.4. The Bertz CT molecular complexity index is 1280. The van der Waals surface area contributed by atoms with Gasteiger partial charge in [0.2, 0.25) is 5.82 Å². The van der Waals surface area contributed by atoms with Crippen molar-refractivity contribution in [2.75, 3.05) is 44.2 Å². The van der Waals surface area contributed by atoms with Crippen molar-refractivity contribution in [3.05, 3.63) is 63.9 Å². The number of carbonyl (C=O) groups is 1. The van der Waals surface area contributed by atoms with Gasteiger partial charge in [0, 0.05) is 60.3 Å². The number of piperazine rings is 1. The number of β-amino-alcohol motifs (C(OH)–C–C–N with tert-alkyl or cyclic N) is 1. The maximum absolute atomic E-state index is 13.5. The lowest BCUT2D eigenvalue weighted by Crippen LogP contribution is -2.54. The summed E-state index contributed by atoms with van der Waals surface area (Å²) in [5.41, 5.74) is 0.642. The molecule has 3 aromatic rings. The van der Waals surface area contributed by atoms with Crippen molar-refractivity contribution in [1.29, 1.82) is 0 Å². The predicted octanol–water partition coefficient (Wildman–Crippen LogP) is 3.96. The van der Waals surface area contributed by atoms with Crippen LogP contribution in [0.25, 0.3) is 10.9 Å². The van der Waals surface area contributed by atoms with Crippen LogP contribution in [0.1, 0.15) is 16.2 Å². The number of alkyl halides is 3. The fraction of sp³-hybridized carbons (Fsp3) is 0.375. The third kappa shape index (κ3) is 4.95. The normalized spacial score (nSPS) is 21.4. The molecule has 5 rings (SSSR count). The van der Waals surface area contributed by atoms with E-state index in [1.807, 2.05) is 0 Å². The highest BCUT2D eigenvalue weighted by Crippen LogP contribution is 2.34. The maximum Gasteiger partial charge on any atom is 0.451 e. The Balaban J connectivity index is 1.32. The van der Waals surface area contributed by atoms with Crippen molar-refractivity contribution < 1.29 is 23.1 Å². The summed E-state index contributed by atoms with van der Waals surface area (Å²) in [6, 6.07) is 10.9. The van der Waals surface area contributed by atoms with E-state index in [-0.39, 0.29) is 34.9 Å². The van der Waals surface area contributed by atoms with E-state index in [0.717, 1.165) is 0 Å². The average molecular weight is 540 g/mol. The quantitative estimate of drug-likeness (QED) is 0.543. The molecule has 2 aliphatic rings. The molecule has 0 saturated carbocycles. The second-order valence-electron chi connectivity index (χ2n) is 8.90. The van der Waals surface area contributed by atoms with E-state index < -0.39 is 18.1 Å². The monoisotopic (exact) mass is 539 g/mol. The molecular formula is C24H22Cl2F3N5O2. The molecule has 1 aromatic heterocycles. The van der Waals surface area contributed by atoms with Gasteiger partial charge in [0.25, 0.3) is 5.91 Å². The minimum atomic E-state index is -4.73. The van der Waals surface area contributed by atoms with Crippen LogP contribution in [0.3, 0.4) is 0 Å². The summed E-state index contributed by atoms with van der Waals surface area (Å²) in [6.45, 7) is 2.42. The lowest BCUT2D eigenvalue weighted by Gasteiger charge is -2.38. The van der Waals surface area contributed by atoms with E-state index in [1.165, 1.54) is 6.07 Å². The Kier molecular flexibility index (Phi) is 6.71. The molecule has 1 amide bonds. The van der Waals surface area contributed by atoms with Crippen LogP contribution in [0.2, 0.25) is 10.0 Å². The third-order valence-corrected chi connectivity index (χ3v) is 7.10. The van der Waals surface area contributed by atoms with Gasteiger partial charge in [0.05, 0.1) is 17.7 Å². The summed E-state index contributed by atoms with van der Waals surface area (Å²) in [5.74, 6) is -1.23. The fourth-order valence-corrected chi connectivity index (χ4v) is 5.08. The molecule has 2 saturated heterocycles. The van der Waals surface area contributed by atoms with E-state index in [1.54, 1.807) is 46.2 Å². The zero-order valence-electron chi connectivity index (χ0n) is 18.9. The van der Waals surface area contributed by atoms with E-state index in [9.17, 15) is 23.1 Å². The number of aliphatic hydroxyl groups is 1. The zero-order chi connectivity index (χ0) is 25.6. The first-order valence-electron chi connectivity index (χ1n) is 11.4. The predicted molar refractivity (Wildman–Crippen MR) is 130 cm³/mol. The SMILES string of the molecule is O=C(c1ccc(Cl)cc1)N1CCN(C2CN(c3nc(C(F)(F)F)nc4cc(Cl)ccc34)CC2O)CC1. The van der Waals surface area contributed by atoms with Crippen molar-refractivity contribution in [3.63, 3.8) is 0 Å². The van der Waals surface area contributed by atoms with Crippen LogP contribution in [0.4, 0.5) is 19.0 Å². The van der Waals surface area contributed by atoms with Gasteiger partial charge in [-0.25, -0.2) is 9.97 Å². The summed E-state index contributed by atoms with van der Waals surface area (Å²) in [7, 11) is 0.